The molecule has 0 bridgehead atoms. The van der Waals surface area contributed by atoms with E-state index >= 15 is 0 Å². The number of esters is 1. The second kappa shape index (κ2) is 44.4. The first-order chi connectivity index (χ1) is 29.7. The number of phosphoric acid groups is 1. The minimum absolute atomic E-state index is 0.0302. The first kappa shape index (κ1) is 57.4. The second-order valence-corrected chi connectivity index (χ2v) is 15.9. The Morgan fingerprint density at radius 3 is 1.34 bits per heavy atom. The van der Waals surface area contributed by atoms with Crippen LogP contribution in [0.15, 0.2) is 122 Å². The standard InChI is InChI=1S/C50H80NO9P/c1-3-5-7-9-11-13-15-17-19-21-23-25-27-29-31-33-35-37-39-41-43-57-44-47(45-58-61(55,56)59-46-48(51)50(53)54)60-49(52)42-40-38-36-34-32-30-28-26-24-22-20-18-16-14-12-10-8-6-4-2/h5-8,11-14,17-20,23-26,30,32,36,38,47-48H,3-4,9-10,15-16,21-22,27-29,31,33-35,37,39-46,51H2,1-2H3,(H,53,54)(H,55,56)/b7-5-,8-6-,13-11-,14-12-,19-17-,20-18-,25-23-,26-24-,32-30-,38-36-. The number of hydrogen-bond donors (Lipinski definition) is 3. The summed E-state index contributed by atoms with van der Waals surface area (Å²) in [5, 5.41) is 8.91. The van der Waals surface area contributed by atoms with E-state index in [-0.39, 0.29) is 13.0 Å². The smallest absolute Gasteiger partial charge is 0.472 e. The Morgan fingerprint density at radius 2 is 0.902 bits per heavy atom. The number of carbonyl (C=O) groups excluding carboxylic acids is 1. The van der Waals surface area contributed by atoms with Gasteiger partial charge in [0.15, 0.2) is 0 Å². The molecule has 0 aromatic heterocycles. The van der Waals surface area contributed by atoms with Gasteiger partial charge in [0.25, 0.3) is 0 Å². The van der Waals surface area contributed by atoms with Crippen LogP contribution in [0.25, 0.3) is 0 Å². The zero-order valence-corrected chi connectivity index (χ0v) is 38.3. The Kier molecular flexibility index (Phi) is 41.8. The summed E-state index contributed by atoms with van der Waals surface area (Å²) in [7, 11) is -4.65. The molecule has 0 saturated heterocycles. The van der Waals surface area contributed by atoms with Crippen molar-refractivity contribution in [1.29, 1.82) is 0 Å². The van der Waals surface area contributed by atoms with Crippen LogP contribution in [-0.4, -0.2) is 60.5 Å². The lowest BCUT2D eigenvalue weighted by Gasteiger charge is -2.20. The van der Waals surface area contributed by atoms with Crippen LogP contribution in [0, 0.1) is 0 Å². The van der Waals surface area contributed by atoms with Gasteiger partial charge in [0.05, 0.1) is 19.8 Å². The molecular formula is C50H80NO9P. The summed E-state index contributed by atoms with van der Waals surface area (Å²) >= 11 is 0. The highest BCUT2D eigenvalue weighted by molar-refractivity contribution is 7.47. The zero-order chi connectivity index (χ0) is 44.8. The van der Waals surface area contributed by atoms with Crippen molar-refractivity contribution in [2.45, 2.75) is 154 Å². The fourth-order valence-electron chi connectivity index (χ4n) is 5.32. The van der Waals surface area contributed by atoms with Gasteiger partial charge in [-0.1, -0.05) is 167 Å². The van der Waals surface area contributed by atoms with Crippen LogP contribution >= 0.6 is 7.82 Å². The van der Waals surface area contributed by atoms with Gasteiger partial charge in [0, 0.05) is 13.0 Å². The SMILES string of the molecule is CC/C=C\C/C=C\C/C=C\C/C=C\C/C=C\C/C=C\CCC(=O)OC(COCCCCCCCCC/C=C\C/C=C\C/C=C\C/C=C\CC)COP(=O)(O)OCC(N)C(=O)O. The van der Waals surface area contributed by atoms with E-state index in [2.05, 4.69) is 123 Å². The largest absolute Gasteiger partial charge is 0.480 e. The average molecular weight is 870 g/mol. The Hall–Kier alpha value is -3.63. The molecule has 0 heterocycles. The van der Waals surface area contributed by atoms with Gasteiger partial charge in [-0.15, -0.1) is 0 Å². The summed E-state index contributed by atoms with van der Waals surface area (Å²) in [6, 6.07) is -1.49. The molecule has 3 atom stereocenters. The maximum atomic E-state index is 12.6. The number of nitrogens with two attached hydrogens (primary N) is 1. The third kappa shape index (κ3) is 44.2. The number of unbranched alkanes of at least 4 members (excludes halogenated alkanes) is 7. The molecule has 0 rings (SSSR count). The van der Waals surface area contributed by atoms with E-state index in [1.54, 1.807) is 0 Å². The van der Waals surface area contributed by atoms with Gasteiger partial charge in [-0.05, 0) is 89.9 Å². The van der Waals surface area contributed by atoms with Crippen LogP contribution in [0.1, 0.15) is 142 Å². The molecule has 0 aliphatic carbocycles. The van der Waals surface area contributed by atoms with E-state index in [1.165, 1.54) is 19.3 Å². The van der Waals surface area contributed by atoms with Crippen LogP contribution in [0.4, 0.5) is 0 Å². The lowest BCUT2D eigenvalue weighted by molar-refractivity contribution is -0.154. The summed E-state index contributed by atoms with van der Waals surface area (Å²) in [6.45, 7) is 3.50. The van der Waals surface area contributed by atoms with Gasteiger partial charge in [-0.25, -0.2) is 4.57 Å². The van der Waals surface area contributed by atoms with Crippen LogP contribution in [0.5, 0.6) is 0 Å². The van der Waals surface area contributed by atoms with E-state index in [1.807, 2.05) is 12.2 Å². The van der Waals surface area contributed by atoms with Crippen molar-refractivity contribution in [1.82, 2.24) is 0 Å². The summed E-state index contributed by atoms with van der Waals surface area (Å²) in [5.41, 5.74) is 5.35. The summed E-state index contributed by atoms with van der Waals surface area (Å²) in [4.78, 5) is 33.6. The third-order valence-electron chi connectivity index (χ3n) is 8.75. The normalized spacial score (nSPS) is 15.0. The average Bonchev–Trinajstić information content (AvgIpc) is 3.24. The van der Waals surface area contributed by atoms with Gasteiger partial charge >= 0.3 is 19.8 Å². The molecule has 0 saturated carbocycles. The molecule has 3 unspecified atom stereocenters. The number of hydrogen-bond acceptors (Lipinski definition) is 8. The third-order valence-corrected chi connectivity index (χ3v) is 9.70. The molecular weight excluding hydrogens is 790 g/mol. The monoisotopic (exact) mass is 870 g/mol. The number of allylic oxidation sites excluding steroid dienone is 20. The Morgan fingerprint density at radius 1 is 0.525 bits per heavy atom. The summed E-state index contributed by atoms with van der Waals surface area (Å²) < 4.78 is 33.3. The predicted octanol–water partition coefficient (Wildman–Crippen LogP) is 12.9. The van der Waals surface area contributed by atoms with Crippen LogP contribution in [-0.2, 0) is 32.7 Å². The second-order valence-electron chi connectivity index (χ2n) is 14.4. The number of rotatable bonds is 41. The highest BCUT2D eigenvalue weighted by atomic mass is 31.2. The van der Waals surface area contributed by atoms with E-state index in [9.17, 15) is 19.0 Å². The van der Waals surface area contributed by atoms with Crippen molar-refractivity contribution in [2.24, 2.45) is 5.73 Å². The Labute approximate surface area is 369 Å². The van der Waals surface area contributed by atoms with Gasteiger partial charge in [0.1, 0.15) is 12.1 Å². The first-order valence-electron chi connectivity index (χ1n) is 22.6. The molecule has 0 aromatic rings. The molecule has 0 amide bonds. The molecule has 0 spiro atoms. The highest BCUT2D eigenvalue weighted by Gasteiger charge is 2.27. The van der Waals surface area contributed by atoms with Gasteiger partial charge in [-0.2, -0.15) is 0 Å². The first-order valence-corrected chi connectivity index (χ1v) is 24.1. The Bertz CT molecular complexity index is 1420. The van der Waals surface area contributed by atoms with Gasteiger partial charge < -0.3 is 25.2 Å². The molecule has 4 N–H and O–H groups in total. The van der Waals surface area contributed by atoms with Gasteiger partial charge in [0.2, 0.25) is 0 Å². The fourth-order valence-corrected chi connectivity index (χ4v) is 6.10. The fraction of sp³-hybridized carbons (Fsp3) is 0.560. The molecule has 0 radical (unpaired) electrons. The maximum absolute atomic E-state index is 12.6. The summed E-state index contributed by atoms with van der Waals surface area (Å²) in [5.74, 6) is -1.88. The lowest BCUT2D eigenvalue weighted by Crippen LogP contribution is -2.34. The number of phosphoric ester groups is 1. The number of carboxylic acid groups (broad SMARTS) is 1. The molecule has 344 valence electrons. The quantitative estimate of drug-likeness (QED) is 0.0234. The molecule has 0 aliphatic rings. The molecule has 0 aromatic carbocycles. The molecule has 0 aliphatic heterocycles. The summed E-state index contributed by atoms with van der Waals surface area (Å²) in [6.07, 6.45) is 61.2. The molecule has 11 heteroatoms. The topological polar surface area (TPSA) is 155 Å². The van der Waals surface area contributed by atoms with E-state index in [0.29, 0.717) is 13.0 Å². The Balaban J connectivity index is 4.39. The van der Waals surface area contributed by atoms with Crippen LogP contribution in [0.2, 0.25) is 0 Å². The number of carbonyl (C=O) groups is 2. The van der Waals surface area contributed by atoms with Crippen molar-refractivity contribution in [3.63, 3.8) is 0 Å². The molecule has 0 fully saturated rings. The molecule has 10 nitrogen and oxygen atoms in total. The zero-order valence-electron chi connectivity index (χ0n) is 37.4. The van der Waals surface area contributed by atoms with Crippen LogP contribution < -0.4 is 5.73 Å². The minimum atomic E-state index is -4.65. The molecule has 61 heavy (non-hydrogen) atoms. The maximum Gasteiger partial charge on any atom is 0.472 e. The van der Waals surface area contributed by atoms with E-state index in [0.717, 1.165) is 96.3 Å². The number of carboxylic acids is 1. The number of ether oxygens (including phenoxy) is 2. The number of aliphatic carboxylic acids is 1. The van der Waals surface area contributed by atoms with Crippen molar-refractivity contribution in [3.05, 3.63) is 122 Å². The van der Waals surface area contributed by atoms with Gasteiger partial charge in [-0.3, -0.25) is 18.6 Å². The van der Waals surface area contributed by atoms with E-state index in [4.69, 9.17) is 29.4 Å². The highest BCUT2D eigenvalue weighted by Crippen LogP contribution is 2.43. The van der Waals surface area contributed by atoms with Crippen LogP contribution in [0.3, 0.4) is 0 Å². The van der Waals surface area contributed by atoms with E-state index < -0.39 is 45.1 Å². The van der Waals surface area contributed by atoms with Crippen molar-refractivity contribution < 1.29 is 42.7 Å². The lowest BCUT2D eigenvalue weighted by atomic mass is 10.1. The van der Waals surface area contributed by atoms with Crippen molar-refractivity contribution in [3.8, 4) is 0 Å². The minimum Gasteiger partial charge on any atom is -0.480 e. The van der Waals surface area contributed by atoms with Crippen molar-refractivity contribution in [2.75, 3.05) is 26.4 Å². The van der Waals surface area contributed by atoms with Crippen molar-refractivity contribution >= 4 is 19.8 Å². The predicted molar refractivity (Wildman–Crippen MR) is 253 cm³/mol.